The van der Waals surface area contributed by atoms with Gasteiger partial charge < -0.3 is 5.11 Å². The van der Waals surface area contributed by atoms with Crippen molar-refractivity contribution in [1.29, 1.82) is 0 Å². The zero-order valence-corrected chi connectivity index (χ0v) is 10.9. The Labute approximate surface area is 115 Å². The van der Waals surface area contributed by atoms with E-state index < -0.39 is 6.10 Å². The van der Waals surface area contributed by atoms with Gasteiger partial charge in [0.25, 0.3) is 0 Å². The zero-order valence-electron chi connectivity index (χ0n) is 9.41. The largest absolute Gasteiger partial charge is 0.388 e. The molecule has 0 bridgehead atoms. The highest BCUT2D eigenvalue weighted by Gasteiger charge is 2.10. The van der Waals surface area contributed by atoms with Crippen molar-refractivity contribution in [2.75, 3.05) is 0 Å². The second-order valence-electron chi connectivity index (χ2n) is 4.02. The van der Waals surface area contributed by atoms with Crippen molar-refractivity contribution >= 4 is 23.2 Å². The molecule has 94 valence electrons. The highest BCUT2D eigenvalue weighted by molar-refractivity contribution is 6.42. The van der Waals surface area contributed by atoms with Gasteiger partial charge in [-0.2, -0.15) is 0 Å². The summed E-state index contributed by atoms with van der Waals surface area (Å²) in [6.45, 7) is 0. The monoisotopic (exact) mass is 284 g/mol. The Balaban J connectivity index is 2.16. The molecule has 0 amide bonds. The zero-order chi connectivity index (χ0) is 13.1. The van der Waals surface area contributed by atoms with Crippen LogP contribution in [0.1, 0.15) is 17.2 Å². The van der Waals surface area contributed by atoms with Crippen molar-refractivity contribution in [2.45, 2.75) is 12.5 Å². The summed E-state index contributed by atoms with van der Waals surface area (Å²) >= 11 is 11.7. The SMILES string of the molecule is OC(Cc1cccc(F)c1)c1ccc(Cl)c(Cl)c1. The summed E-state index contributed by atoms with van der Waals surface area (Å²) < 4.78 is 13.0. The summed E-state index contributed by atoms with van der Waals surface area (Å²) in [5, 5.41) is 10.9. The molecule has 0 aliphatic carbocycles. The Kier molecular flexibility index (Phi) is 4.23. The van der Waals surface area contributed by atoms with Crippen LogP contribution in [0.15, 0.2) is 42.5 Å². The standard InChI is InChI=1S/C14H11Cl2FO/c15-12-5-4-10(8-13(12)16)14(18)7-9-2-1-3-11(17)6-9/h1-6,8,14,18H,7H2. The van der Waals surface area contributed by atoms with Gasteiger partial charge in [0.1, 0.15) is 5.82 Å². The third-order valence-corrected chi connectivity index (χ3v) is 3.39. The minimum Gasteiger partial charge on any atom is -0.388 e. The van der Waals surface area contributed by atoms with Crippen LogP contribution in [0, 0.1) is 5.82 Å². The lowest BCUT2D eigenvalue weighted by molar-refractivity contribution is 0.178. The first-order chi connectivity index (χ1) is 8.56. The lowest BCUT2D eigenvalue weighted by atomic mass is 10.0. The molecule has 0 fully saturated rings. The lowest BCUT2D eigenvalue weighted by Gasteiger charge is -2.12. The van der Waals surface area contributed by atoms with E-state index in [9.17, 15) is 9.50 Å². The normalized spacial score (nSPS) is 12.4. The molecule has 2 aromatic rings. The van der Waals surface area contributed by atoms with E-state index in [1.165, 1.54) is 12.1 Å². The third-order valence-electron chi connectivity index (χ3n) is 2.65. The first kappa shape index (κ1) is 13.3. The molecule has 0 aliphatic heterocycles. The van der Waals surface area contributed by atoms with Gasteiger partial charge in [0, 0.05) is 6.42 Å². The van der Waals surface area contributed by atoms with Gasteiger partial charge in [-0.15, -0.1) is 0 Å². The summed E-state index contributed by atoms with van der Waals surface area (Å²) in [5.74, 6) is -0.311. The third kappa shape index (κ3) is 3.22. The summed E-state index contributed by atoms with van der Waals surface area (Å²) in [4.78, 5) is 0. The van der Waals surface area contributed by atoms with Crippen LogP contribution in [-0.4, -0.2) is 5.11 Å². The van der Waals surface area contributed by atoms with Crippen molar-refractivity contribution in [2.24, 2.45) is 0 Å². The molecule has 1 N–H and O–H groups in total. The van der Waals surface area contributed by atoms with Crippen molar-refractivity contribution in [3.63, 3.8) is 0 Å². The molecule has 0 heterocycles. The quantitative estimate of drug-likeness (QED) is 0.885. The van der Waals surface area contributed by atoms with E-state index in [0.717, 1.165) is 5.56 Å². The topological polar surface area (TPSA) is 20.2 Å². The Morgan fingerprint density at radius 3 is 2.50 bits per heavy atom. The minimum absolute atomic E-state index is 0.311. The second-order valence-corrected chi connectivity index (χ2v) is 4.84. The summed E-state index contributed by atoms with van der Waals surface area (Å²) in [6, 6.07) is 11.1. The molecular weight excluding hydrogens is 274 g/mol. The van der Waals surface area contributed by atoms with Gasteiger partial charge in [-0.3, -0.25) is 0 Å². The number of hydrogen-bond acceptors (Lipinski definition) is 1. The first-order valence-corrected chi connectivity index (χ1v) is 6.19. The maximum atomic E-state index is 13.0. The predicted octanol–water partition coefficient (Wildman–Crippen LogP) is 4.41. The number of benzene rings is 2. The van der Waals surface area contributed by atoms with Gasteiger partial charge in [-0.05, 0) is 35.4 Å². The summed E-state index contributed by atoms with van der Waals surface area (Å²) in [5.41, 5.74) is 1.39. The predicted molar refractivity (Wildman–Crippen MR) is 71.5 cm³/mol. The van der Waals surface area contributed by atoms with Crippen molar-refractivity contribution in [1.82, 2.24) is 0 Å². The molecule has 0 radical (unpaired) electrons. The Bertz CT molecular complexity index is 557. The molecular formula is C14H11Cl2FO. The molecule has 0 saturated carbocycles. The van der Waals surface area contributed by atoms with E-state index in [2.05, 4.69) is 0 Å². The van der Waals surface area contributed by atoms with Crippen molar-refractivity contribution in [3.8, 4) is 0 Å². The van der Waals surface area contributed by atoms with E-state index in [1.54, 1.807) is 30.3 Å². The number of aliphatic hydroxyl groups excluding tert-OH is 1. The van der Waals surface area contributed by atoms with Crippen molar-refractivity contribution < 1.29 is 9.50 Å². The molecule has 0 aliphatic rings. The van der Waals surface area contributed by atoms with Gasteiger partial charge in [-0.25, -0.2) is 4.39 Å². The van der Waals surface area contributed by atoms with Gasteiger partial charge in [0.2, 0.25) is 0 Å². The molecule has 0 spiro atoms. The summed E-state index contributed by atoms with van der Waals surface area (Å²) in [7, 11) is 0. The van der Waals surface area contributed by atoms with E-state index in [-0.39, 0.29) is 5.82 Å². The van der Waals surface area contributed by atoms with E-state index in [1.807, 2.05) is 0 Å². The van der Waals surface area contributed by atoms with Crippen LogP contribution >= 0.6 is 23.2 Å². The fourth-order valence-electron chi connectivity index (χ4n) is 1.72. The van der Waals surface area contributed by atoms with Crippen LogP contribution in [0.25, 0.3) is 0 Å². The molecule has 1 atom stereocenters. The average Bonchev–Trinajstić information content (AvgIpc) is 2.32. The van der Waals surface area contributed by atoms with E-state index >= 15 is 0 Å². The molecule has 1 unspecified atom stereocenters. The highest BCUT2D eigenvalue weighted by Crippen LogP contribution is 2.27. The lowest BCUT2D eigenvalue weighted by Crippen LogP contribution is -2.02. The number of aliphatic hydroxyl groups is 1. The van der Waals surface area contributed by atoms with Crippen LogP contribution < -0.4 is 0 Å². The maximum Gasteiger partial charge on any atom is 0.123 e. The molecule has 2 aromatic carbocycles. The first-order valence-electron chi connectivity index (χ1n) is 5.44. The van der Waals surface area contributed by atoms with E-state index in [0.29, 0.717) is 22.0 Å². The molecule has 0 saturated heterocycles. The van der Waals surface area contributed by atoms with Gasteiger partial charge >= 0.3 is 0 Å². The molecule has 0 aromatic heterocycles. The van der Waals surface area contributed by atoms with Crippen LogP contribution in [0.3, 0.4) is 0 Å². The number of rotatable bonds is 3. The highest BCUT2D eigenvalue weighted by atomic mass is 35.5. The number of halogens is 3. The van der Waals surface area contributed by atoms with Gasteiger partial charge in [0.05, 0.1) is 16.1 Å². The fraction of sp³-hybridized carbons (Fsp3) is 0.143. The summed E-state index contributed by atoms with van der Waals surface area (Å²) in [6.07, 6.45) is -0.406. The molecule has 18 heavy (non-hydrogen) atoms. The minimum atomic E-state index is -0.735. The van der Waals surface area contributed by atoms with E-state index in [4.69, 9.17) is 23.2 Å². The smallest absolute Gasteiger partial charge is 0.123 e. The molecule has 4 heteroatoms. The Morgan fingerprint density at radius 1 is 1.06 bits per heavy atom. The maximum absolute atomic E-state index is 13.0. The average molecular weight is 285 g/mol. The molecule has 1 nitrogen and oxygen atoms in total. The fourth-order valence-corrected chi connectivity index (χ4v) is 2.03. The second kappa shape index (κ2) is 5.70. The van der Waals surface area contributed by atoms with Gasteiger partial charge in [0.15, 0.2) is 0 Å². The van der Waals surface area contributed by atoms with Gasteiger partial charge in [-0.1, -0.05) is 41.4 Å². The van der Waals surface area contributed by atoms with Crippen LogP contribution in [-0.2, 0) is 6.42 Å². The Morgan fingerprint density at radius 2 is 1.83 bits per heavy atom. The number of hydrogen-bond donors (Lipinski definition) is 1. The molecule has 2 rings (SSSR count). The van der Waals surface area contributed by atoms with Crippen molar-refractivity contribution in [3.05, 3.63) is 69.5 Å². The van der Waals surface area contributed by atoms with Crippen LogP contribution in [0.4, 0.5) is 4.39 Å². The van der Waals surface area contributed by atoms with Crippen LogP contribution in [0.5, 0.6) is 0 Å². The van der Waals surface area contributed by atoms with Crippen LogP contribution in [0.2, 0.25) is 10.0 Å². The Hall–Kier alpha value is -1.09.